The van der Waals surface area contributed by atoms with Gasteiger partial charge in [-0.05, 0) is 56.2 Å². The lowest BCUT2D eigenvalue weighted by molar-refractivity contribution is -0.158. The van der Waals surface area contributed by atoms with Crippen LogP contribution in [-0.4, -0.2) is 45.1 Å². The summed E-state index contributed by atoms with van der Waals surface area (Å²) < 4.78 is 2.16. The van der Waals surface area contributed by atoms with Gasteiger partial charge in [-0.1, -0.05) is 29.8 Å². The second-order valence-electron chi connectivity index (χ2n) is 9.96. The third-order valence-corrected chi connectivity index (χ3v) is 7.27. The van der Waals surface area contributed by atoms with Gasteiger partial charge in [0.2, 0.25) is 5.91 Å². The number of aromatic nitrogens is 1. The molecule has 0 radical (unpaired) electrons. The number of carbonyl (C=O) groups excluding carboxylic acids is 2. The highest BCUT2D eigenvalue weighted by Crippen LogP contribution is 2.48. The predicted molar refractivity (Wildman–Crippen MR) is 134 cm³/mol. The number of fused-ring (bicyclic) bond motifs is 3. The molecule has 0 saturated carbocycles. The number of amides is 2. The standard InChI is InChI=1S/C27H27ClN4O3/c1-26(2,35)24(33)30-16-27(17-30)21-7-3-4-8-23(21)32(25(27)34)15-20-14-18-13-19(28)9-10-22(18)31(20)12-6-5-11-29/h3-4,7-10,13-14,35H,5-6,12,15-17H2,1-2H3. The van der Waals surface area contributed by atoms with Crippen molar-refractivity contribution in [3.8, 4) is 6.07 Å². The summed E-state index contributed by atoms with van der Waals surface area (Å²) in [7, 11) is 0. The zero-order valence-corrected chi connectivity index (χ0v) is 20.5. The minimum absolute atomic E-state index is 0.0367. The fraction of sp³-hybridized carbons (Fsp3) is 0.370. The Hall–Kier alpha value is -3.34. The van der Waals surface area contributed by atoms with Crippen molar-refractivity contribution in [2.24, 2.45) is 0 Å². The maximum atomic E-state index is 13.9. The first-order chi connectivity index (χ1) is 16.7. The zero-order valence-electron chi connectivity index (χ0n) is 19.8. The number of nitriles is 1. The molecule has 3 heterocycles. The van der Waals surface area contributed by atoms with E-state index in [4.69, 9.17) is 16.9 Å². The lowest BCUT2D eigenvalue weighted by atomic mass is 9.74. The van der Waals surface area contributed by atoms with E-state index in [9.17, 15) is 14.7 Å². The molecule has 0 bridgehead atoms. The minimum Gasteiger partial charge on any atom is -0.381 e. The molecule has 2 aromatic carbocycles. The van der Waals surface area contributed by atoms with Crippen LogP contribution in [0.25, 0.3) is 10.9 Å². The molecule has 2 aliphatic rings. The smallest absolute Gasteiger partial charge is 0.254 e. The van der Waals surface area contributed by atoms with Crippen molar-refractivity contribution in [1.82, 2.24) is 9.47 Å². The molecule has 0 unspecified atom stereocenters. The highest BCUT2D eigenvalue weighted by molar-refractivity contribution is 6.31. The van der Waals surface area contributed by atoms with Crippen LogP contribution in [0, 0.1) is 11.3 Å². The molecular formula is C27H27ClN4O3. The van der Waals surface area contributed by atoms with Crippen molar-refractivity contribution in [3.05, 3.63) is 64.8 Å². The van der Waals surface area contributed by atoms with Crippen LogP contribution < -0.4 is 4.90 Å². The zero-order chi connectivity index (χ0) is 25.0. The van der Waals surface area contributed by atoms with Crippen LogP contribution in [0.1, 0.15) is 37.9 Å². The summed E-state index contributed by atoms with van der Waals surface area (Å²) in [6, 6.07) is 17.7. The Morgan fingerprint density at radius 2 is 1.94 bits per heavy atom. The maximum absolute atomic E-state index is 13.9. The highest BCUT2D eigenvalue weighted by atomic mass is 35.5. The van der Waals surface area contributed by atoms with Crippen molar-refractivity contribution >= 4 is 40.0 Å². The van der Waals surface area contributed by atoms with Crippen LogP contribution in [0.2, 0.25) is 5.02 Å². The molecule has 2 amide bonds. The summed E-state index contributed by atoms with van der Waals surface area (Å²) in [6.45, 7) is 4.47. The Kier molecular flexibility index (Phi) is 5.62. The number of nitrogens with zero attached hydrogens (tertiary/aromatic N) is 4. The number of anilines is 1. The highest BCUT2D eigenvalue weighted by Gasteiger charge is 2.60. The van der Waals surface area contributed by atoms with Crippen molar-refractivity contribution < 1.29 is 14.7 Å². The molecule has 3 aromatic rings. The van der Waals surface area contributed by atoms with Gasteiger partial charge >= 0.3 is 0 Å². The minimum atomic E-state index is -1.48. The SMILES string of the molecule is CC(C)(O)C(=O)N1CC2(C1)C(=O)N(Cc1cc3cc(Cl)ccc3n1CCCC#N)c1ccccc12. The number of aryl methyl sites for hydroxylation is 1. The van der Waals surface area contributed by atoms with Gasteiger partial charge in [0.25, 0.3) is 5.91 Å². The topological polar surface area (TPSA) is 89.6 Å². The molecule has 1 N–H and O–H groups in total. The van der Waals surface area contributed by atoms with Crippen LogP contribution in [0.3, 0.4) is 0 Å². The molecule has 5 rings (SSSR count). The Morgan fingerprint density at radius 3 is 2.66 bits per heavy atom. The van der Waals surface area contributed by atoms with E-state index in [1.807, 2.05) is 42.5 Å². The van der Waals surface area contributed by atoms with E-state index in [1.54, 1.807) is 9.80 Å². The summed E-state index contributed by atoms with van der Waals surface area (Å²) >= 11 is 6.24. The van der Waals surface area contributed by atoms with E-state index >= 15 is 0 Å². The molecule has 180 valence electrons. The average Bonchev–Trinajstić information content (AvgIpc) is 3.24. The first-order valence-corrected chi connectivity index (χ1v) is 12.1. The van der Waals surface area contributed by atoms with Crippen molar-refractivity contribution in [3.63, 3.8) is 0 Å². The van der Waals surface area contributed by atoms with Crippen LogP contribution in [0.15, 0.2) is 48.5 Å². The Balaban J connectivity index is 1.49. The number of hydrogen-bond acceptors (Lipinski definition) is 4. The predicted octanol–water partition coefficient (Wildman–Crippen LogP) is 4.00. The van der Waals surface area contributed by atoms with Gasteiger partial charge in [0, 0.05) is 53.4 Å². The first kappa shape index (κ1) is 23.4. The van der Waals surface area contributed by atoms with Gasteiger partial charge in [-0.3, -0.25) is 9.59 Å². The number of aliphatic hydroxyl groups is 1. The molecule has 0 aliphatic carbocycles. The van der Waals surface area contributed by atoms with Crippen LogP contribution in [0.4, 0.5) is 5.69 Å². The van der Waals surface area contributed by atoms with Crippen molar-refractivity contribution in [2.45, 2.75) is 50.8 Å². The summed E-state index contributed by atoms with van der Waals surface area (Å²) in [4.78, 5) is 29.8. The quantitative estimate of drug-likeness (QED) is 0.529. The summed E-state index contributed by atoms with van der Waals surface area (Å²) in [5, 5.41) is 20.8. The fourth-order valence-corrected chi connectivity index (χ4v) is 5.55. The molecule has 1 spiro atoms. The molecule has 1 fully saturated rings. The number of likely N-dealkylation sites (tertiary alicyclic amines) is 1. The van der Waals surface area contributed by atoms with E-state index in [2.05, 4.69) is 16.7 Å². The number of benzene rings is 2. The number of para-hydroxylation sites is 1. The van der Waals surface area contributed by atoms with E-state index < -0.39 is 11.0 Å². The summed E-state index contributed by atoms with van der Waals surface area (Å²) in [5.74, 6) is -0.410. The number of hydrogen-bond donors (Lipinski definition) is 1. The van der Waals surface area contributed by atoms with Crippen molar-refractivity contribution in [1.29, 1.82) is 5.26 Å². The molecule has 8 heteroatoms. The lowest BCUT2D eigenvalue weighted by Crippen LogP contribution is -2.67. The summed E-state index contributed by atoms with van der Waals surface area (Å²) in [5.41, 5.74) is 1.47. The molecule has 35 heavy (non-hydrogen) atoms. The number of rotatable bonds is 6. The number of halogens is 1. The van der Waals surface area contributed by atoms with Crippen LogP contribution >= 0.6 is 11.6 Å². The molecule has 0 atom stereocenters. The molecular weight excluding hydrogens is 464 g/mol. The van der Waals surface area contributed by atoms with Crippen LogP contribution in [0.5, 0.6) is 0 Å². The third-order valence-electron chi connectivity index (χ3n) is 7.04. The normalized spacial score (nSPS) is 16.5. The van der Waals surface area contributed by atoms with Gasteiger partial charge in [0.15, 0.2) is 0 Å². The van der Waals surface area contributed by atoms with E-state index in [-0.39, 0.29) is 24.9 Å². The molecule has 7 nitrogen and oxygen atoms in total. The second-order valence-corrected chi connectivity index (χ2v) is 10.4. The maximum Gasteiger partial charge on any atom is 0.254 e. The first-order valence-electron chi connectivity index (χ1n) is 11.7. The Bertz CT molecular complexity index is 1380. The average molecular weight is 491 g/mol. The number of carbonyl (C=O) groups is 2. The van der Waals surface area contributed by atoms with Gasteiger partial charge in [0.05, 0.1) is 12.6 Å². The Labute approximate surface area is 209 Å². The van der Waals surface area contributed by atoms with Crippen LogP contribution in [-0.2, 0) is 28.1 Å². The van der Waals surface area contributed by atoms with E-state index in [0.717, 1.165) is 27.8 Å². The number of unbranched alkanes of at least 4 members (excludes halogenated alkanes) is 1. The van der Waals surface area contributed by atoms with Gasteiger partial charge in [0.1, 0.15) is 11.0 Å². The molecule has 1 saturated heterocycles. The van der Waals surface area contributed by atoms with Gasteiger partial charge < -0.3 is 19.5 Å². The molecule has 2 aliphatic heterocycles. The molecule has 1 aromatic heterocycles. The Morgan fingerprint density at radius 1 is 1.20 bits per heavy atom. The van der Waals surface area contributed by atoms with Gasteiger partial charge in [-0.15, -0.1) is 0 Å². The van der Waals surface area contributed by atoms with Gasteiger partial charge in [-0.2, -0.15) is 5.26 Å². The second kappa shape index (κ2) is 8.40. The summed E-state index contributed by atoms with van der Waals surface area (Å²) in [6.07, 6.45) is 1.16. The van der Waals surface area contributed by atoms with Crippen molar-refractivity contribution in [2.75, 3.05) is 18.0 Å². The lowest BCUT2D eigenvalue weighted by Gasteiger charge is -2.48. The largest absolute Gasteiger partial charge is 0.381 e. The third kappa shape index (κ3) is 3.78. The fourth-order valence-electron chi connectivity index (χ4n) is 5.37. The van der Waals surface area contributed by atoms with E-state index in [1.165, 1.54) is 13.8 Å². The van der Waals surface area contributed by atoms with E-state index in [0.29, 0.717) is 31.0 Å². The van der Waals surface area contributed by atoms with Gasteiger partial charge in [-0.25, -0.2) is 0 Å². The monoisotopic (exact) mass is 490 g/mol.